The van der Waals surface area contributed by atoms with Crippen LogP contribution >= 0.6 is 0 Å². The van der Waals surface area contributed by atoms with Crippen molar-refractivity contribution in [3.05, 3.63) is 72.8 Å². The van der Waals surface area contributed by atoms with E-state index in [1.165, 1.54) is 5.39 Å². The van der Waals surface area contributed by atoms with E-state index >= 15 is 0 Å². The third kappa shape index (κ3) is 2.00. The first-order valence-corrected chi connectivity index (χ1v) is 5.55. The van der Waals surface area contributed by atoms with Crippen LogP contribution in [0.5, 0.6) is 11.5 Å². The van der Waals surface area contributed by atoms with Gasteiger partial charge in [-0.2, -0.15) is 0 Å². The maximum atomic E-state index is 5.87. The van der Waals surface area contributed by atoms with Crippen molar-refractivity contribution in [2.45, 2.75) is 0 Å². The first-order chi connectivity index (χ1) is 8.43. The van der Waals surface area contributed by atoms with Gasteiger partial charge in [-0.05, 0) is 29.7 Å². The van der Waals surface area contributed by atoms with Gasteiger partial charge in [-0.15, -0.1) is 0 Å². The minimum absolute atomic E-state index is 0.833. The summed E-state index contributed by atoms with van der Waals surface area (Å²) in [6.07, 6.45) is 0. The molecule has 0 bridgehead atoms. The summed E-state index contributed by atoms with van der Waals surface area (Å²) in [7, 11) is 0. The summed E-state index contributed by atoms with van der Waals surface area (Å²) < 4.78 is 5.87. The van der Waals surface area contributed by atoms with Gasteiger partial charge in [-0.1, -0.05) is 48.5 Å². The fourth-order valence-electron chi connectivity index (χ4n) is 1.85. The van der Waals surface area contributed by atoms with Crippen molar-refractivity contribution in [3.63, 3.8) is 0 Å². The normalized spacial score (nSPS) is 10.4. The van der Waals surface area contributed by atoms with Gasteiger partial charge < -0.3 is 4.74 Å². The number of ether oxygens (including phenoxy) is 1. The molecule has 0 aliphatic carbocycles. The predicted molar refractivity (Wildman–Crippen MR) is 69.3 cm³/mol. The monoisotopic (exact) mass is 219 g/mol. The molecule has 0 N–H and O–H groups in total. The second-order valence-corrected chi connectivity index (χ2v) is 3.82. The number of hydrogen-bond acceptors (Lipinski definition) is 1. The zero-order valence-corrected chi connectivity index (χ0v) is 9.26. The Balaban J connectivity index is 2.06. The van der Waals surface area contributed by atoms with E-state index in [0.29, 0.717) is 0 Å². The van der Waals surface area contributed by atoms with E-state index in [9.17, 15) is 0 Å². The van der Waals surface area contributed by atoms with Crippen LogP contribution < -0.4 is 4.74 Å². The summed E-state index contributed by atoms with van der Waals surface area (Å²) in [5.74, 6) is 1.72. The zero-order valence-electron chi connectivity index (χ0n) is 9.26. The summed E-state index contributed by atoms with van der Waals surface area (Å²) in [6.45, 7) is 0. The zero-order chi connectivity index (χ0) is 11.5. The number of fused-ring (bicyclic) bond motifs is 1. The second-order valence-electron chi connectivity index (χ2n) is 3.82. The van der Waals surface area contributed by atoms with Crippen LogP contribution in [0.4, 0.5) is 0 Å². The smallest absolute Gasteiger partial charge is 0.135 e. The highest BCUT2D eigenvalue weighted by molar-refractivity contribution is 5.88. The molecule has 0 spiro atoms. The van der Waals surface area contributed by atoms with Gasteiger partial charge in [0.05, 0.1) is 0 Å². The summed E-state index contributed by atoms with van der Waals surface area (Å²) in [4.78, 5) is 0. The van der Waals surface area contributed by atoms with Crippen molar-refractivity contribution in [1.82, 2.24) is 0 Å². The molecule has 0 heterocycles. The Bertz CT molecular complexity index is 624. The van der Waals surface area contributed by atoms with Crippen LogP contribution in [0.3, 0.4) is 0 Å². The third-order valence-corrected chi connectivity index (χ3v) is 2.67. The van der Waals surface area contributed by atoms with Gasteiger partial charge in [-0.3, -0.25) is 0 Å². The lowest BCUT2D eigenvalue weighted by Crippen LogP contribution is -1.85. The maximum absolute atomic E-state index is 5.87. The molecule has 3 aromatic carbocycles. The molecule has 1 nitrogen and oxygen atoms in total. The molecule has 0 atom stereocenters. The Morgan fingerprint density at radius 2 is 1.53 bits per heavy atom. The first kappa shape index (κ1) is 9.91. The predicted octanol–water partition coefficient (Wildman–Crippen LogP) is 4.43. The van der Waals surface area contributed by atoms with Crippen molar-refractivity contribution < 1.29 is 4.74 Å². The fourth-order valence-corrected chi connectivity index (χ4v) is 1.85. The Morgan fingerprint density at radius 1 is 0.765 bits per heavy atom. The number of benzene rings is 3. The molecular weight excluding hydrogens is 208 g/mol. The quantitative estimate of drug-likeness (QED) is 0.619. The van der Waals surface area contributed by atoms with Crippen LogP contribution in [0.2, 0.25) is 0 Å². The van der Waals surface area contributed by atoms with Gasteiger partial charge in [0.25, 0.3) is 0 Å². The lowest BCUT2D eigenvalue weighted by molar-refractivity contribution is 0.488. The average molecular weight is 219 g/mol. The summed E-state index contributed by atoms with van der Waals surface area (Å²) >= 11 is 0. The molecule has 0 saturated heterocycles. The van der Waals surface area contributed by atoms with Crippen LogP contribution in [0.1, 0.15) is 0 Å². The van der Waals surface area contributed by atoms with Gasteiger partial charge in [0.1, 0.15) is 11.5 Å². The first-order valence-electron chi connectivity index (χ1n) is 5.55. The number of hydrogen-bond donors (Lipinski definition) is 0. The van der Waals surface area contributed by atoms with Crippen molar-refractivity contribution >= 4 is 10.8 Å². The van der Waals surface area contributed by atoms with E-state index in [0.717, 1.165) is 16.9 Å². The minimum atomic E-state index is 0.833. The van der Waals surface area contributed by atoms with Gasteiger partial charge >= 0.3 is 0 Å². The van der Waals surface area contributed by atoms with Crippen molar-refractivity contribution in [3.8, 4) is 11.5 Å². The summed E-state index contributed by atoms with van der Waals surface area (Å²) in [5.41, 5.74) is 0. The van der Waals surface area contributed by atoms with E-state index in [2.05, 4.69) is 24.3 Å². The van der Waals surface area contributed by atoms with Crippen molar-refractivity contribution in [1.29, 1.82) is 0 Å². The Hall–Kier alpha value is -2.28. The van der Waals surface area contributed by atoms with Crippen molar-refractivity contribution in [2.24, 2.45) is 0 Å². The average Bonchev–Trinajstić information content (AvgIpc) is 2.40. The van der Waals surface area contributed by atoms with Crippen molar-refractivity contribution in [2.75, 3.05) is 0 Å². The molecule has 0 fully saturated rings. The molecular formula is C16H11O. The van der Waals surface area contributed by atoms with E-state index in [4.69, 9.17) is 4.74 Å². The lowest BCUT2D eigenvalue weighted by Gasteiger charge is -2.08. The molecule has 0 aromatic heterocycles. The molecule has 0 unspecified atom stereocenters. The van der Waals surface area contributed by atoms with Gasteiger partial charge in [0.2, 0.25) is 0 Å². The van der Waals surface area contributed by atoms with E-state index in [1.54, 1.807) is 0 Å². The van der Waals surface area contributed by atoms with E-state index < -0.39 is 0 Å². The highest BCUT2D eigenvalue weighted by atomic mass is 16.5. The molecule has 1 radical (unpaired) electrons. The van der Waals surface area contributed by atoms with Crippen LogP contribution in [-0.4, -0.2) is 0 Å². The molecule has 81 valence electrons. The second kappa shape index (κ2) is 4.30. The van der Waals surface area contributed by atoms with Crippen LogP contribution in [0, 0.1) is 6.07 Å². The lowest BCUT2D eigenvalue weighted by atomic mass is 10.1. The minimum Gasteiger partial charge on any atom is -0.457 e. The Kier molecular flexibility index (Phi) is 2.51. The highest BCUT2D eigenvalue weighted by Crippen LogP contribution is 2.29. The third-order valence-electron chi connectivity index (χ3n) is 2.67. The van der Waals surface area contributed by atoms with Gasteiger partial charge in [0, 0.05) is 5.39 Å². The molecule has 17 heavy (non-hydrogen) atoms. The summed E-state index contributed by atoms with van der Waals surface area (Å²) in [6, 6.07) is 24.8. The van der Waals surface area contributed by atoms with Crippen LogP contribution in [-0.2, 0) is 0 Å². The molecule has 0 aliphatic heterocycles. The Labute approximate surface area is 100 Å². The SMILES string of the molecule is [c]1ccc(Oc2cccc3ccccc23)cc1. The molecule has 1 heteroatoms. The molecule has 0 saturated carbocycles. The van der Waals surface area contributed by atoms with Gasteiger partial charge in [0.15, 0.2) is 0 Å². The maximum Gasteiger partial charge on any atom is 0.135 e. The van der Waals surface area contributed by atoms with Crippen LogP contribution in [0.15, 0.2) is 66.7 Å². The largest absolute Gasteiger partial charge is 0.457 e. The highest BCUT2D eigenvalue weighted by Gasteiger charge is 2.01. The molecule has 3 rings (SSSR count). The number of rotatable bonds is 2. The molecule has 0 amide bonds. The Morgan fingerprint density at radius 3 is 2.41 bits per heavy atom. The molecule has 0 aliphatic rings. The fraction of sp³-hybridized carbons (Fsp3) is 0. The van der Waals surface area contributed by atoms with Crippen LogP contribution in [0.25, 0.3) is 10.8 Å². The molecule has 3 aromatic rings. The van der Waals surface area contributed by atoms with Gasteiger partial charge in [-0.25, -0.2) is 0 Å². The summed E-state index contributed by atoms with van der Waals surface area (Å²) in [5, 5.41) is 2.32. The van der Waals surface area contributed by atoms with E-state index in [1.807, 2.05) is 48.5 Å². The topological polar surface area (TPSA) is 9.23 Å². The van der Waals surface area contributed by atoms with E-state index in [-0.39, 0.29) is 0 Å². The standard InChI is InChI=1S/C16H11O/c1-2-9-14(10-3-1)17-16-12-6-8-13-7-4-5-11-15(13)16/h2-12H.